The van der Waals surface area contributed by atoms with Crippen LogP contribution in [0, 0.1) is 0 Å². The molecule has 1 aromatic rings. The van der Waals surface area contributed by atoms with E-state index in [0.29, 0.717) is 13.0 Å². The Labute approximate surface area is 94.8 Å². The number of aliphatic carboxylic acids is 1. The molecule has 0 saturated carbocycles. The molecule has 0 atom stereocenters. The first-order valence-corrected chi connectivity index (χ1v) is 5.03. The Hall–Kier alpha value is -1.55. The Morgan fingerprint density at radius 3 is 2.50 bits per heavy atom. The van der Waals surface area contributed by atoms with Crippen molar-refractivity contribution in [3.05, 3.63) is 29.3 Å². The van der Waals surface area contributed by atoms with Crippen LogP contribution in [0.2, 0.25) is 0 Å². The molecule has 0 saturated heterocycles. The Morgan fingerprint density at radius 1 is 1.25 bits per heavy atom. The minimum Gasteiger partial charge on any atom is -0.497 e. The van der Waals surface area contributed by atoms with E-state index in [1.54, 1.807) is 14.2 Å². The molecule has 0 radical (unpaired) electrons. The second kappa shape index (κ2) is 6.12. The van der Waals surface area contributed by atoms with Gasteiger partial charge in [0.25, 0.3) is 0 Å². The van der Waals surface area contributed by atoms with Crippen molar-refractivity contribution in [3.63, 3.8) is 0 Å². The fourth-order valence-electron chi connectivity index (χ4n) is 1.49. The molecule has 0 spiro atoms. The normalized spacial score (nSPS) is 10.1. The quantitative estimate of drug-likeness (QED) is 0.801. The molecule has 0 unspecified atom stereocenters. The maximum atomic E-state index is 10.5. The molecule has 88 valence electrons. The maximum absolute atomic E-state index is 10.5. The highest BCUT2D eigenvalue weighted by Crippen LogP contribution is 2.18. The molecule has 1 N–H and O–H groups in total. The molecule has 1 aromatic carbocycles. The summed E-state index contributed by atoms with van der Waals surface area (Å²) in [7, 11) is 3.21. The van der Waals surface area contributed by atoms with Crippen LogP contribution in [-0.2, 0) is 22.6 Å². The zero-order valence-electron chi connectivity index (χ0n) is 9.53. The number of aryl methyl sites for hydroxylation is 1. The zero-order valence-corrected chi connectivity index (χ0v) is 9.53. The van der Waals surface area contributed by atoms with E-state index >= 15 is 0 Å². The van der Waals surface area contributed by atoms with Crippen LogP contribution in [0.4, 0.5) is 0 Å². The molecule has 1 rings (SSSR count). The van der Waals surface area contributed by atoms with Crippen molar-refractivity contribution in [2.24, 2.45) is 0 Å². The van der Waals surface area contributed by atoms with Gasteiger partial charge in [-0.05, 0) is 29.7 Å². The van der Waals surface area contributed by atoms with E-state index in [2.05, 4.69) is 0 Å². The highest BCUT2D eigenvalue weighted by Gasteiger charge is 2.04. The van der Waals surface area contributed by atoms with Crippen molar-refractivity contribution in [1.29, 1.82) is 0 Å². The zero-order chi connectivity index (χ0) is 12.0. The first kappa shape index (κ1) is 12.5. The standard InChI is InChI=1S/C12H16O4/c1-15-8-10-5-9(3-4-12(13)14)6-11(7-10)16-2/h5-7H,3-4,8H2,1-2H3,(H,13,14). The topological polar surface area (TPSA) is 55.8 Å². The second-order valence-corrected chi connectivity index (χ2v) is 3.52. The molecule has 0 aliphatic rings. The van der Waals surface area contributed by atoms with Crippen molar-refractivity contribution >= 4 is 5.97 Å². The summed E-state index contributed by atoms with van der Waals surface area (Å²) < 4.78 is 10.2. The SMILES string of the molecule is COCc1cc(CCC(=O)O)cc(OC)c1. The summed E-state index contributed by atoms with van der Waals surface area (Å²) >= 11 is 0. The Balaban J connectivity index is 2.81. The number of hydrogen-bond donors (Lipinski definition) is 1. The third kappa shape index (κ3) is 3.90. The van der Waals surface area contributed by atoms with Crippen LogP contribution in [0.15, 0.2) is 18.2 Å². The third-order valence-electron chi connectivity index (χ3n) is 2.20. The van der Waals surface area contributed by atoms with Gasteiger partial charge < -0.3 is 14.6 Å². The van der Waals surface area contributed by atoms with Gasteiger partial charge in [0.1, 0.15) is 5.75 Å². The molecule has 0 aliphatic carbocycles. The molecule has 16 heavy (non-hydrogen) atoms. The number of hydrogen-bond acceptors (Lipinski definition) is 3. The predicted octanol–water partition coefficient (Wildman–Crippen LogP) is 1.86. The van der Waals surface area contributed by atoms with E-state index in [1.165, 1.54) is 0 Å². The molecule has 0 aromatic heterocycles. The smallest absolute Gasteiger partial charge is 0.303 e. The Kier molecular flexibility index (Phi) is 4.79. The van der Waals surface area contributed by atoms with E-state index in [9.17, 15) is 4.79 Å². The van der Waals surface area contributed by atoms with Crippen LogP contribution in [0.25, 0.3) is 0 Å². The summed E-state index contributed by atoms with van der Waals surface area (Å²) in [6, 6.07) is 5.67. The minimum absolute atomic E-state index is 0.125. The molecule has 4 heteroatoms. The number of rotatable bonds is 6. The van der Waals surface area contributed by atoms with Gasteiger partial charge in [-0.2, -0.15) is 0 Å². The van der Waals surface area contributed by atoms with E-state index in [1.807, 2.05) is 18.2 Å². The van der Waals surface area contributed by atoms with Crippen LogP contribution in [0.1, 0.15) is 17.5 Å². The molecular weight excluding hydrogens is 208 g/mol. The van der Waals surface area contributed by atoms with Crippen molar-refractivity contribution in [1.82, 2.24) is 0 Å². The van der Waals surface area contributed by atoms with Crippen molar-refractivity contribution in [3.8, 4) is 5.75 Å². The van der Waals surface area contributed by atoms with Gasteiger partial charge >= 0.3 is 5.97 Å². The number of ether oxygens (including phenoxy) is 2. The summed E-state index contributed by atoms with van der Waals surface area (Å²) in [5, 5.41) is 8.62. The molecular formula is C12H16O4. The molecule has 0 bridgehead atoms. The van der Waals surface area contributed by atoms with Crippen LogP contribution >= 0.6 is 0 Å². The highest BCUT2D eigenvalue weighted by atomic mass is 16.5. The Morgan fingerprint density at radius 2 is 1.94 bits per heavy atom. The number of carbonyl (C=O) groups is 1. The lowest BCUT2D eigenvalue weighted by atomic mass is 10.1. The van der Waals surface area contributed by atoms with Gasteiger partial charge in [0.2, 0.25) is 0 Å². The van der Waals surface area contributed by atoms with Gasteiger partial charge in [-0.15, -0.1) is 0 Å². The fourth-order valence-corrected chi connectivity index (χ4v) is 1.49. The van der Waals surface area contributed by atoms with Crippen LogP contribution in [0.3, 0.4) is 0 Å². The van der Waals surface area contributed by atoms with Gasteiger partial charge in [0.05, 0.1) is 13.7 Å². The van der Waals surface area contributed by atoms with E-state index in [-0.39, 0.29) is 6.42 Å². The summed E-state index contributed by atoms with van der Waals surface area (Å²) in [4.78, 5) is 10.5. The van der Waals surface area contributed by atoms with E-state index in [0.717, 1.165) is 16.9 Å². The van der Waals surface area contributed by atoms with Crippen molar-refractivity contribution < 1.29 is 19.4 Å². The number of benzene rings is 1. The molecule has 4 nitrogen and oxygen atoms in total. The Bertz CT molecular complexity index is 360. The summed E-state index contributed by atoms with van der Waals surface area (Å²) in [5.74, 6) is -0.0638. The minimum atomic E-state index is -0.795. The first-order valence-electron chi connectivity index (χ1n) is 5.03. The van der Waals surface area contributed by atoms with Crippen molar-refractivity contribution in [2.75, 3.05) is 14.2 Å². The van der Waals surface area contributed by atoms with E-state index < -0.39 is 5.97 Å². The van der Waals surface area contributed by atoms with Gasteiger partial charge in [-0.25, -0.2) is 0 Å². The molecule has 0 fully saturated rings. The van der Waals surface area contributed by atoms with Crippen LogP contribution < -0.4 is 4.74 Å². The van der Waals surface area contributed by atoms with Gasteiger partial charge in [0.15, 0.2) is 0 Å². The average molecular weight is 224 g/mol. The highest BCUT2D eigenvalue weighted by molar-refractivity contribution is 5.67. The number of carboxylic acid groups (broad SMARTS) is 1. The van der Waals surface area contributed by atoms with Gasteiger partial charge in [0, 0.05) is 13.5 Å². The van der Waals surface area contributed by atoms with E-state index in [4.69, 9.17) is 14.6 Å². The average Bonchev–Trinajstić information content (AvgIpc) is 2.26. The second-order valence-electron chi connectivity index (χ2n) is 3.52. The third-order valence-corrected chi connectivity index (χ3v) is 2.20. The molecule has 0 heterocycles. The molecule has 0 aliphatic heterocycles. The number of carboxylic acids is 1. The van der Waals surface area contributed by atoms with Gasteiger partial charge in [-0.3, -0.25) is 4.79 Å². The summed E-state index contributed by atoms with van der Waals surface area (Å²) in [5.41, 5.74) is 1.94. The van der Waals surface area contributed by atoms with Gasteiger partial charge in [-0.1, -0.05) is 6.07 Å². The summed E-state index contributed by atoms with van der Waals surface area (Å²) in [6.07, 6.45) is 0.628. The summed E-state index contributed by atoms with van der Waals surface area (Å²) in [6.45, 7) is 0.497. The first-order chi connectivity index (χ1) is 7.65. The van der Waals surface area contributed by atoms with Crippen LogP contribution in [0.5, 0.6) is 5.75 Å². The fraction of sp³-hybridized carbons (Fsp3) is 0.417. The predicted molar refractivity (Wildman–Crippen MR) is 59.7 cm³/mol. The lowest BCUT2D eigenvalue weighted by Crippen LogP contribution is -1.99. The lowest BCUT2D eigenvalue weighted by Gasteiger charge is -2.07. The number of methoxy groups -OCH3 is 2. The van der Waals surface area contributed by atoms with Crippen molar-refractivity contribution in [2.45, 2.75) is 19.4 Å². The van der Waals surface area contributed by atoms with Crippen LogP contribution in [-0.4, -0.2) is 25.3 Å². The monoisotopic (exact) mass is 224 g/mol. The largest absolute Gasteiger partial charge is 0.497 e. The molecule has 0 amide bonds. The lowest BCUT2D eigenvalue weighted by molar-refractivity contribution is -0.136. The maximum Gasteiger partial charge on any atom is 0.303 e.